The van der Waals surface area contributed by atoms with Gasteiger partial charge in [0.25, 0.3) is 0 Å². The van der Waals surface area contributed by atoms with Gasteiger partial charge in [-0.2, -0.15) is 0 Å². The Morgan fingerprint density at radius 3 is 2.30 bits per heavy atom. The highest BCUT2D eigenvalue weighted by atomic mass is 16.5. The molecule has 1 saturated carbocycles. The third kappa shape index (κ3) is 2.14. The van der Waals surface area contributed by atoms with Crippen molar-refractivity contribution in [1.82, 2.24) is 10.5 Å². The van der Waals surface area contributed by atoms with E-state index in [1.165, 1.54) is 0 Å². The second-order valence-electron chi connectivity index (χ2n) is 7.10. The topological polar surface area (TPSA) is 81.2 Å². The number of amides is 1. The molecule has 1 aliphatic carbocycles. The van der Waals surface area contributed by atoms with Gasteiger partial charge in [0.2, 0.25) is 5.91 Å². The molecule has 1 aromatic rings. The van der Waals surface area contributed by atoms with Crippen LogP contribution in [0.1, 0.15) is 44.7 Å². The molecule has 1 aliphatic rings. The summed E-state index contributed by atoms with van der Waals surface area (Å²) in [6, 6.07) is 0.164. The van der Waals surface area contributed by atoms with Crippen molar-refractivity contribution in [3.63, 3.8) is 0 Å². The third-order valence-electron chi connectivity index (χ3n) is 4.92. The highest BCUT2D eigenvalue weighted by Crippen LogP contribution is 2.52. The van der Waals surface area contributed by atoms with Crippen LogP contribution in [-0.4, -0.2) is 23.1 Å². The number of aromatic nitrogens is 1. The van der Waals surface area contributed by atoms with Crippen LogP contribution in [0.15, 0.2) is 4.52 Å². The zero-order valence-electron chi connectivity index (χ0n) is 13.2. The van der Waals surface area contributed by atoms with Gasteiger partial charge in [-0.1, -0.05) is 32.9 Å². The molecule has 1 heterocycles. The number of nitrogens with two attached hydrogens (primary N) is 1. The van der Waals surface area contributed by atoms with Crippen molar-refractivity contribution in [3.05, 3.63) is 17.0 Å². The van der Waals surface area contributed by atoms with Crippen LogP contribution in [-0.2, 0) is 11.2 Å². The maximum Gasteiger partial charge on any atom is 0.224 e. The first-order valence-electron chi connectivity index (χ1n) is 7.05. The maximum atomic E-state index is 12.3. The molecule has 1 amide bonds. The Balaban J connectivity index is 2.06. The van der Waals surface area contributed by atoms with E-state index in [2.05, 4.69) is 38.2 Å². The third-order valence-corrected chi connectivity index (χ3v) is 4.92. The number of hydrogen-bond acceptors (Lipinski definition) is 4. The summed E-state index contributed by atoms with van der Waals surface area (Å²) in [4.78, 5) is 12.3. The Bertz CT molecular complexity index is 496. The van der Waals surface area contributed by atoms with Gasteiger partial charge in [0.05, 0.1) is 12.1 Å². The fraction of sp³-hybridized carbons (Fsp3) is 0.733. The van der Waals surface area contributed by atoms with E-state index in [-0.39, 0.29) is 28.8 Å². The first kappa shape index (κ1) is 15.0. The Hall–Kier alpha value is -1.36. The number of nitrogens with zero attached hydrogens (tertiary/aromatic N) is 1. The predicted molar refractivity (Wildman–Crippen MR) is 77.1 cm³/mol. The van der Waals surface area contributed by atoms with Crippen molar-refractivity contribution in [2.24, 2.45) is 16.6 Å². The average molecular weight is 279 g/mol. The zero-order chi connectivity index (χ0) is 15.3. The summed E-state index contributed by atoms with van der Waals surface area (Å²) in [6.07, 6.45) is 0.305. The molecule has 0 aliphatic heterocycles. The lowest BCUT2D eigenvalue weighted by Crippen LogP contribution is -2.76. The van der Waals surface area contributed by atoms with Gasteiger partial charge >= 0.3 is 0 Å². The molecule has 0 aromatic carbocycles. The fourth-order valence-corrected chi connectivity index (χ4v) is 3.68. The lowest BCUT2D eigenvalue weighted by molar-refractivity contribution is -0.131. The van der Waals surface area contributed by atoms with Gasteiger partial charge in [-0.15, -0.1) is 0 Å². The SMILES string of the molecule is Cc1noc(C)c1CC(=O)NC1C(C)(C)C(N)C1(C)C. The molecule has 2 rings (SSSR count). The first-order valence-corrected chi connectivity index (χ1v) is 7.05. The standard InChI is InChI=1S/C15H25N3O2/c1-8-10(9(2)20-18-8)7-11(19)17-13-14(3,4)12(16)15(13,5)6/h12-13H,7,16H2,1-6H3,(H,17,19). The van der Waals surface area contributed by atoms with Gasteiger partial charge in [0.15, 0.2) is 0 Å². The molecule has 1 fully saturated rings. The normalized spacial score (nSPS) is 26.9. The van der Waals surface area contributed by atoms with E-state index in [4.69, 9.17) is 10.3 Å². The van der Waals surface area contributed by atoms with Crippen molar-refractivity contribution in [1.29, 1.82) is 0 Å². The molecule has 0 atom stereocenters. The van der Waals surface area contributed by atoms with E-state index in [1.54, 1.807) is 0 Å². The molecule has 3 N–H and O–H groups in total. The van der Waals surface area contributed by atoms with Crippen LogP contribution < -0.4 is 11.1 Å². The van der Waals surface area contributed by atoms with Gasteiger partial charge in [-0.25, -0.2) is 0 Å². The Morgan fingerprint density at radius 2 is 1.85 bits per heavy atom. The lowest BCUT2D eigenvalue weighted by atomic mass is 9.48. The van der Waals surface area contributed by atoms with Gasteiger partial charge in [-0.05, 0) is 13.8 Å². The van der Waals surface area contributed by atoms with Crippen LogP contribution >= 0.6 is 0 Å². The quantitative estimate of drug-likeness (QED) is 0.882. The van der Waals surface area contributed by atoms with E-state index >= 15 is 0 Å². The van der Waals surface area contributed by atoms with Crippen LogP contribution in [0.5, 0.6) is 0 Å². The van der Waals surface area contributed by atoms with Crippen LogP contribution in [0, 0.1) is 24.7 Å². The summed E-state index contributed by atoms with van der Waals surface area (Å²) < 4.78 is 5.09. The summed E-state index contributed by atoms with van der Waals surface area (Å²) in [5.41, 5.74) is 7.69. The Morgan fingerprint density at radius 1 is 1.30 bits per heavy atom. The molecule has 1 aromatic heterocycles. The van der Waals surface area contributed by atoms with Crippen LogP contribution in [0.3, 0.4) is 0 Å². The minimum atomic E-state index is -0.0854. The Kier molecular flexibility index (Phi) is 3.45. The average Bonchev–Trinajstić information content (AvgIpc) is 2.66. The summed E-state index contributed by atoms with van der Waals surface area (Å²) in [6.45, 7) is 12.1. The lowest BCUT2D eigenvalue weighted by Gasteiger charge is -2.62. The van der Waals surface area contributed by atoms with Gasteiger partial charge < -0.3 is 15.6 Å². The minimum absolute atomic E-state index is 0.00236. The summed E-state index contributed by atoms with van der Waals surface area (Å²) >= 11 is 0. The molecule has 0 spiro atoms. The molecule has 0 unspecified atom stereocenters. The molecule has 5 heteroatoms. The highest BCUT2D eigenvalue weighted by Gasteiger charge is 2.60. The van der Waals surface area contributed by atoms with Crippen molar-refractivity contribution in [2.75, 3.05) is 0 Å². The first-order chi connectivity index (χ1) is 9.08. The van der Waals surface area contributed by atoms with Gasteiger partial charge in [-0.3, -0.25) is 4.79 Å². The highest BCUT2D eigenvalue weighted by molar-refractivity contribution is 5.79. The van der Waals surface area contributed by atoms with Crippen molar-refractivity contribution in [3.8, 4) is 0 Å². The summed E-state index contributed by atoms with van der Waals surface area (Å²) in [7, 11) is 0. The molecule has 0 saturated heterocycles. The van der Waals surface area contributed by atoms with Crippen molar-refractivity contribution < 1.29 is 9.32 Å². The number of carbonyl (C=O) groups excluding carboxylic acids is 1. The van der Waals surface area contributed by atoms with Gasteiger partial charge in [0, 0.05) is 28.5 Å². The Labute approximate surface area is 120 Å². The van der Waals surface area contributed by atoms with Crippen LogP contribution in [0.4, 0.5) is 0 Å². The molecule has 0 radical (unpaired) electrons. The summed E-state index contributed by atoms with van der Waals surface area (Å²) in [5, 5.41) is 7.01. The predicted octanol–water partition coefficient (Wildman–Crippen LogP) is 1.71. The summed E-state index contributed by atoms with van der Waals surface area (Å²) in [5.74, 6) is 0.707. The van der Waals surface area contributed by atoms with E-state index in [0.717, 1.165) is 11.3 Å². The number of hydrogen-bond donors (Lipinski definition) is 2. The number of nitrogens with one attached hydrogen (secondary N) is 1. The zero-order valence-corrected chi connectivity index (χ0v) is 13.2. The smallest absolute Gasteiger partial charge is 0.224 e. The van der Waals surface area contributed by atoms with Crippen molar-refractivity contribution >= 4 is 5.91 Å². The molecule has 112 valence electrons. The van der Waals surface area contributed by atoms with Crippen LogP contribution in [0.25, 0.3) is 0 Å². The van der Waals surface area contributed by atoms with E-state index < -0.39 is 0 Å². The van der Waals surface area contributed by atoms with E-state index in [1.807, 2.05) is 13.8 Å². The number of rotatable bonds is 3. The number of carbonyl (C=O) groups is 1. The minimum Gasteiger partial charge on any atom is -0.361 e. The molecule has 0 bridgehead atoms. The second kappa shape index (κ2) is 4.58. The largest absolute Gasteiger partial charge is 0.361 e. The van der Waals surface area contributed by atoms with Crippen molar-refractivity contribution in [2.45, 2.75) is 60.0 Å². The van der Waals surface area contributed by atoms with Crippen LogP contribution in [0.2, 0.25) is 0 Å². The second-order valence-corrected chi connectivity index (χ2v) is 7.10. The molecule has 5 nitrogen and oxygen atoms in total. The molecular weight excluding hydrogens is 254 g/mol. The van der Waals surface area contributed by atoms with E-state index in [0.29, 0.717) is 12.2 Å². The molecular formula is C15H25N3O2. The van der Waals surface area contributed by atoms with E-state index in [9.17, 15) is 4.79 Å². The fourth-order valence-electron chi connectivity index (χ4n) is 3.68. The number of aryl methyl sites for hydroxylation is 2. The maximum absolute atomic E-state index is 12.3. The molecule has 20 heavy (non-hydrogen) atoms. The monoisotopic (exact) mass is 279 g/mol. The van der Waals surface area contributed by atoms with Gasteiger partial charge in [0.1, 0.15) is 5.76 Å².